The van der Waals surface area contributed by atoms with Crippen molar-refractivity contribution in [2.45, 2.75) is 0 Å². The number of methoxy groups -OCH3 is 1. The summed E-state index contributed by atoms with van der Waals surface area (Å²) in [5.41, 5.74) is -0.902. The van der Waals surface area contributed by atoms with Crippen molar-refractivity contribution in [2.24, 2.45) is 0 Å². The van der Waals surface area contributed by atoms with Crippen LogP contribution in [0.3, 0.4) is 0 Å². The topological polar surface area (TPSA) is 122 Å². The second kappa shape index (κ2) is 4.66. The highest BCUT2D eigenvalue weighted by molar-refractivity contribution is 7.92. The Morgan fingerprint density at radius 3 is 2.82 bits per heavy atom. The first-order valence-corrected chi connectivity index (χ1v) is 7.33. The van der Waals surface area contributed by atoms with Crippen molar-refractivity contribution in [3.63, 3.8) is 0 Å². The maximum atomic E-state index is 14.6. The van der Waals surface area contributed by atoms with Crippen molar-refractivity contribution in [1.29, 1.82) is 0 Å². The van der Waals surface area contributed by atoms with Gasteiger partial charge in [0.2, 0.25) is 0 Å². The van der Waals surface area contributed by atoms with Crippen LogP contribution in [-0.2, 0) is 15.0 Å². The van der Waals surface area contributed by atoms with E-state index in [0.717, 1.165) is 6.07 Å². The van der Waals surface area contributed by atoms with E-state index >= 15 is 0 Å². The number of aromatic nitrogens is 2. The number of phenolic OH excluding ortho intramolecular Hbond substituents is 1. The molecule has 2 N–H and O–H groups in total. The average Bonchev–Trinajstić information content (AvgIpc) is 2.71. The number of hydrogen-bond acceptors (Lipinski definition) is 7. The molecule has 2 aromatic rings. The number of carbonyl (C=O) groups is 1. The maximum absolute atomic E-state index is 14.6. The van der Waals surface area contributed by atoms with E-state index in [1.165, 1.54) is 13.3 Å². The Morgan fingerprint density at radius 1 is 1.50 bits per heavy atom. The van der Waals surface area contributed by atoms with E-state index in [9.17, 15) is 22.7 Å². The molecule has 1 aliphatic heterocycles. The van der Waals surface area contributed by atoms with Gasteiger partial charge in [0.05, 0.1) is 7.11 Å². The summed E-state index contributed by atoms with van der Waals surface area (Å²) in [6.45, 7) is -0.638. The van der Waals surface area contributed by atoms with Crippen molar-refractivity contribution in [3.8, 4) is 11.8 Å². The molecule has 0 atom stereocenters. The normalized spacial score (nSPS) is 16.8. The summed E-state index contributed by atoms with van der Waals surface area (Å²) in [5, 5.41) is 10.1. The van der Waals surface area contributed by atoms with Gasteiger partial charge in [-0.1, -0.05) is 0 Å². The number of benzene rings is 1. The fraction of sp³-hybridized carbons (Fsp3) is 0.182. The van der Waals surface area contributed by atoms with Gasteiger partial charge in [-0.25, -0.2) is 18.4 Å². The molecule has 1 fully saturated rings. The first-order valence-electron chi connectivity index (χ1n) is 5.89. The molecule has 1 aliphatic rings. The van der Waals surface area contributed by atoms with E-state index in [0.29, 0.717) is 4.31 Å². The summed E-state index contributed by atoms with van der Waals surface area (Å²) in [6.07, 6.45) is 1.22. The molecule has 22 heavy (non-hydrogen) atoms. The molecule has 1 amide bonds. The number of anilines is 1. The fourth-order valence-corrected chi connectivity index (χ4v) is 3.24. The Morgan fingerprint density at radius 2 is 2.23 bits per heavy atom. The molecule has 0 unspecified atom stereocenters. The van der Waals surface area contributed by atoms with E-state index in [4.69, 9.17) is 4.74 Å². The van der Waals surface area contributed by atoms with E-state index in [1.807, 2.05) is 0 Å². The lowest BCUT2D eigenvalue weighted by Gasteiger charge is -2.17. The van der Waals surface area contributed by atoms with E-state index < -0.39 is 39.9 Å². The second-order valence-electron chi connectivity index (χ2n) is 4.39. The number of carbonyl (C=O) groups excluding carboxylic acids is 1. The number of ether oxygens (including phenoxy) is 1. The SMILES string of the molecule is COc1ncc2cc(O)c(N3CC(=O)NS3(=O)=O)c(F)c2n1. The van der Waals surface area contributed by atoms with Crippen LogP contribution in [0.25, 0.3) is 10.9 Å². The summed E-state index contributed by atoms with van der Waals surface area (Å²) < 4.78 is 45.1. The molecule has 1 aromatic carbocycles. The van der Waals surface area contributed by atoms with Gasteiger partial charge in [0.25, 0.3) is 5.91 Å². The molecule has 3 rings (SSSR count). The van der Waals surface area contributed by atoms with Gasteiger partial charge in [0, 0.05) is 11.6 Å². The minimum absolute atomic E-state index is 0.124. The van der Waals surface area contributed by atoms with Crippen molar-refractivity contribution >= 4 is 32.7 Å². The number of nitrogens with one attached hydrogen (secondary N) is 1. The summed E-state index contributed by atoms with van der Waals surface area (Å²) in [6, 6.07) is 0.979. The largest absolute Gasteiger partial charge is 0.506 e. The third-order valence-electron chi connectivity index (χ3n) is 3.00. The molecule has 0 saturated carbocycles. The number of fused-ring (bicyclic) bond motifs is 1. The zero-order chi connectivity index (χ0) is 16.1. The van der Waals surface area contributed by atoms with Crippen LogP contribution in [0.4, 0.5) is 10.1 Å². The summed E-state index contributed by atoms with van der Waals surface area (Å²) in [7, 11) is -2.97. The molecular weight excluding hydrogens is 319 g/mol. The maximum Gasteiger partial charge on any atom is 0.326 e. The van der Waals surface area contributed by atoms with Crippen LogP contribution >= 0.6 is 0 Å². The van der Waals surface area contributed by atoms with E-state index in [2.05, 4.69) is 9.97 Å². The van der Waals surface area contributed by atoms with Gasteiger partial charge >= 0.3 is 16.2 Å². The van der Waals surface area contributed by atoms with Crippen molar-refractivity contribution in [1.82, 2.24) is 14.7 Å². The van der Waals surface area contributed by atoms with Gasteiger partial charge in [-0.05, 0) is 6.07 Å². The Kier molecular flexibility index (Phi) is 3.02. The lowest BCUT2D eigenvalue weighted by Crippen LogP contribution is -2.30. The van der Waals surface area contributed by atoms with E-state index in [-0.39, 0.29) is 16.9 Å². The van der Waals surface area contributed by atoms with Crippen LogP contribution in [-0.4, -0.2) is 43.1 Å². The highest BCUT2D eigenvalue weighted by Gasteiger charge is 2.38. The van der Waals surface area contributed by atoms with Gasteiger partial charge in [0.15, 0.2) is 5.82 Å². The van der Waals surface area contributed by atoms with Crippen molar-refractivity contribution < 1.29 is 27.4 Å². The number of halogens is 1. The minimum atomic E-state index is -4.26. The summed E-state index contributed by atoms with van der Waals surface area (Å²) >= 11 is 0. The predicted molar refractivity (Wildman–Crippen MR) is 72.1 cm³/mol. The first kappa shape index (κ1) is 14.3. The standard InChI is InChI=1S/C11H9FN4O5S/c1-21-11-13-3-5-2-6(17)10(8(12)9(5)14-11)16-4-7(18)15-22(16,19)20/h2-3,17H,4H2,1H3,(H,15,18). The average molecular weight is 328 g/mol. The molecule has 2 heterocycles. The molecule has 11 heteroatoms. The van der Waals surface area contributed by atoms with Crippen molar-refractivity contribution in [2.75, 3.05) is 18.0 Å². The van der Waals surface area contributed by atoms with Crippen LogP contribution in [0.2, 0.25) is 0 Å². The third kappa shape index (κ3) is 2.06. The molecule has 0 radical (unpaired) electrons. The molecule has 1 aromatic heterocycles. The van der Waals surface area contributed by atoms with Crippen LogP contribution in [0.5, 0.6) is 11.8 Å². The van der Waals surface area contributed by atoms with Gasteiger partial charge in [-0.2, -0.15) is 13.4 Å². The molecule has 1 saturated heterocycles. The number of phenols is 1. The van der Waals surface area contributed by atoms with E-state index in [1.54, 1.807) is 4.72 Å². The number of aromatic hydroxyl groups is 1. The number of amides is 1. The highest BCUT2D eigenvalue weighted by atomic mass is 32.2. The van der Waals surface area contributed by atoms with Gasteiger partial charge in [-0.15, -0.1) is 0 Å². The first-order chi connectivity index (χ1) is 10.3. The molecule has 0 bridgehead atoms. The quantitative estimate of drug-likeness (QED) is 0.773. The monoisotopic (exact) mass is 328 g/mol. The van der Waals surface area contributed by atoms with Crippen molar-refractivity contribution in [3.05, 3.63) is 18.1 Å². The molecule has 116 valence electrons. The number of hydrogen-bond donors (Lipinski definition) is 2. The zero-order valence-electron chi connectivity index (χ0n) is 11.1. The van der Waals surface area contributed by atoms with Gasteiger partial charge in [0.1, 0.15) is 23.5 Å². The highest BCUT2D eigenvalue weighted by Crippen LogP contribution is 2.37. The van der Waals surface area contributed by atoms with Crippen LogP contribution in [0.15, 0.2) is 12.3 Å². The summed E-state index contributed by atoms with van der Waals surface area (Å²) in [5.74, 6) is -2.59. The summed E-state index contributed by atoms with van der Waals surface area (Å²) in [4.78, 5) is 18.8. The van der Waals surface area contributed by atoms with Gasteiger partial charge in [-0.3, -0.25) is 4.79 Å². The molecule has 0 spiro atoms. The zero-order valence-corrected chi connectivity index (χ0v) is 11.9. The Balaban J connectivity index is 2.28. The van der Waals surface area contributed by atoms with Crippen LogP contribution in [0, 0.1) is 5.82 Å². The number of rotatable bonds is 2. The second-order valence-corrected chi connectivity index (χ2v) is 5.98. The predicted octanol–water partition coefficient (Wildman–Crippen LogP) is -0.336. The molecular formula is C11H9FN4O5S. The minimum Gasteiger partial charge on any atom is -0.506 e. The Hall–Kier alpha value is -2.69. The Labute approximate surface area is 123 Å². The smallest absolute Gasteiger partial charge is 0.326 e. The van der Waals surface area contributed by atoms with Crippen LogP contribution < -0.4 is 13.8 Å². The lowest BCUT2D eigenvalue weighted by atomic mass is 10.2. The van der Waals surface area contributed by atoms with Crippen LogP contribution in [0.1, 0.15) is 0 Å². The van der Waals surface area contributed by atoms with Gasteiger partial charge < -0.3 is 9.84 Å². The fourth-order valence-electron chi connectivity index (χ4n) is 2.08. The Bertz CT molecular complexity index is 901. The molecule has 9 nitrogen and oxygen atoms in total. The lowest BCUT2D eigenvalue weighted by molar-refractivity contribution is -0.117. The molecule has 0 aliphatic carbocycles. The number of nitrogens with zero attached hydrogens (tertiary/aromatic N) is 3. The third-order valence-corrected chi connectivity index (χ3v) is 4.38.